The highest BCUT2D eigenvalue weighted by atomic mass is 32.1. The lowest BCUT2D eigenvalue weighted by Gasteiger charge is -2.06. The second-order valence-corrected chi connectivity index (χ2v) is 6.68. The van der Waals surface area contributed by atoms with E-state index in [-0.39, 0.29) is 5.91 Å². The van der Waals surface area contributed by atoms with Crippen molar-refractivity contribution in [3.8, 4) is 0 Å². The summed E-state index contributed by atoms with van der Waals surface area (Å²) >= 11 is 1.63. The first kappa shape index (κ1) is 12.8. The average molecular weight is 299 g/mol. The van der Waals surface area contributed by atoms with Crippen LogP contribution in [0.2, 0.25) is 0 Å². The summed E-state index contributed by atoms with van der Waals surface area (Å²) in [5.74, 6) is -0.0717. The molecule has 5 heteroatoms. The van der Waals surface area contributed by atoms with Gasteiger partial charge in [-0.2, -0.15) is 0 Å². The molecular formula is C16H17N3OS. The van der Waals surface area contributed by atoms with Gasteiger partial charge in [0.2, 0.25) is 0 Å². The Morgan fingerprint density at radius 3 is 3.05 bits per heavy atom. The van der Waals surface area contributed by atoms with Gasteiger partial charge in [0.1, 0.15) is 0 Å². The monoisotopic (exact) mass is 299 g/mol. The lowest BCUT2D eigenvalue weighted by molar-refractivity contribution is 0.102. The molecule has 0 saturated carbocycles. The van der Waals surface area contributed by atoms with E-state index in [4.69, 9.17) is 0 Å². The smallest absolute Gasteiger partial charge is 0.257 e. The third kappa shape index (κ3) is 2.42. The van der Waals surface area contributed by atoms with E-state index in [1.54, 1.807) is 11.3 Å². The lowest BCUT2D eigenvalue weighted by Crippen LogP contribution is -2.12. The Hall–Kier alpha value is -1.88. The van der Waals surface area contributed by atoms with Crippen molar-refractivity contribution in [1.29, 1.82) is 0 Å². The fraction of sp³-hybridized carbons (Fsp3) is 0.375. The van der Waals surface area contributed by atoms with Crippen molar-refractivity contribution in [1.82, 2.24) is 4.98 Å². The number of aryl methyl sites for hydroxylation is 2. The van der Waals surface area contributed by atoms with E-state index in [0.29, 0.717) is 5.56 Å². The summed E-state index contributed by atoms with van der Waals surface area (Å²) in [7, 11) is 0. The number of nitrogens with one attached hydrogen (secondary N) is 2. The Kier molecular flexibility index (Phi) is 3.15. The van der Waals surface area contributed by atoms with Gasteiger partial charge in [-0.05, 0) is 49.8 Å². The summed E-state index contributed by atoms with van der Waals surface area (Å²) in [6.45, 7) is 0.958. The van der Waals surface area contributed by atoms with E-state index < -0.39 is 0 Å². The van der Waals surface area contributed by atoms with Crippen LogP contribution in [0.1, 0.15) is 39.3 Å². The number of benzene rings is 1. The van der Waals surface area contributed by atoms with E-state index in [1.165, 1.54) is 29.0 Å². The van der Waals surface area contributed by atoms with Crippen LogP contribution >= 0.6 is 11.3 Å². The number of hydrogen-bond donors (Lipinski definition) is 2. The SMILES string of the molecule is O=C(Nc1nc2c(s1)CCCC2)c1ccc2c(c1)NCC2. The molecule has 0 spiro atoms. The Labute approximate surface area is 127 Å². The maximum absolute atomic E-state index is 12.4. The van der Waals surface area contributed by atoms with E-state index in [1.807, 2.05) is 18.2 Å². The zero-order valence-electron chi connectivity index (χ0n) is 11.7. The maximum atomic E-state index is 12.4. The summed E-state index contributed by atoms with van der Waals surface area (Å²) in [6.07, 6.45) is 5.63. The highest BCUT2D eigenvalue weighted by molar-refractivity contribution is 7.15. The minimum absolute atomic E-state index is 0.0717. The molecule has 0 atom stereocenters. The van der Waals surface area contributed by atoms with Crippen LogP contribution in [0.5, 0.6) is 0 Å². The molecule has 21 heavy (non-hydrogen) atoms. The number of fused-ring (bicyclic) bond motifs is 2. The van der Waals surface area contributed by atoms with Gasteiger partial charge in [0.05, 0.1) is 5.69 Å². The van der Waals surface area contributed by atoms with Gasteiger partial charge in [-0.3, -0.25) is 10.1 Å². The molecule has 2 aromatic rings. The second-order valence-electron chi connectivity index (χ2n) is 5.60. The summed E-state index contributed by atoms with van der Waals surface area (Å²) in [5, 5.41) is 6.99. The van der Waals surface area contributed by atoms with Crippen LogP contribution in [0.25, 0.3) is 0 Å². The van der Waals surface area contributed by atoms with E-state index in [0.717, 1.165) is 36.6 Å². The third-order valence-corrected chi connectivity index (χ3v) is 5.22. The molecule has 0 fully saturated rings. The number of rotatable bonds is 2. The first-order chi connectivity index (χ1) is 10.3. The summed E-state index contributed by atoms with van der Waals surface area (Å²) in [4.78, 5) is 18.3. The first-order valence-corrected chi connectivity index (χ1v) is 8.28. The van der Waals surface area contributed by atoms with E-state index in [9.17, 15) is 4.79 Å². The average Bonchev–Trinajstić information content (AvgIpc) is 3.11. The molecule has 4 rings (SSSR count). The highest BCUT2D eigenvalue weighted by Crippen LogP contribution is 2.30. The molecule has 2 aliphatic rings. The molecule has 0 saturated heterocycles. The summed E-state index contributed by atoms with van der Waals surface area (Å²) < 4.78 is 0. The normalized spacial score (nSPS) is 16.0. The van der Waals surface area contributed by atoms with E-state index in [2.05, 4.69) is 15.6 Å². The fourth-order valence-electron chi connectivity index (χ4n) is 3.01. The fourth-order valence-corrected chi connectivity index (χ4v) is 4.05. The van der Waals surface area contributed by atoms with Crippen molar-refractivity contribution in [2.75, 3.05) is 17.2 Å². The van der Waals surface area contributed by atoms with Crippen LogP contribution < -0.4 is 10.6 Å². The molecule has 1 aromatic heterocycles. The standard InChI is InChI=1S/C16H17N3OS/c20-15(11-6-5-10-7-8-17-13(10)9-11)19-16-18-12-3-1-2-4-14(12)21-16/h5-6,9,17H,1-4,7-8H2,(H,18,19,20). The minimum Gasteiger partial charge on any atom is -0.384 e. The zero-order valence-corrected chi connectivity index (χ0v) is 12.6. The van der Waals surface area contributed by atoms with Crippen LogP contribution in [0.4, 0.5) is 10.8 Å². The van der Waals surface area contributed by atoms with Crippen LogP contribution in [-0.4, -0.2) is 17.4 Å². The largest absolute Gasteiger partial charge is 0.384 e. The molecule has 2 heterocycles. The number of carbonyl (C=O) groups is 1. The predicted octanol–water partition coefficient (Wildman–Crippen LogP) is 3.24. The number of aromatic nitrogens is 1. The minimum atomic E-state index is -0.0717. The van der Waals surface area contributed by atoms with Crippen molar-refractivity contribution in [2.45, 2.75) is 32.1 Å². The molecule has 0 bridgehead atoms. The Bertz CT molecular complexity index is 684. The second kappa shape index (κ2) is 5.15. The van der Waals surface area contributed by atoms with Crippen LogP contribution in [0, 0.1) is 0 Å². The number of hydrogen-bond acceptors (Lipinski definition) is 4. The van der Waals surface area contributed by atoms with Crippen LogP contribution in [0.15, 0.2) is 18.2 Å². The summed E-state index contributed by atoms with van der Waals surface area (Å²) in [6, 6.07) is 5.87. The van der Waals surface area contributed by atoms with Crippen LogP contribution in [-0.2, 0) is 19.3 Å². The molecule has 0 unspecified atom stereocenters. The van der Waals surface area contributed by atoms with Gasteiger partial charge in [0, 0.05) is 22.7 Å². The Morgan fingerprint density at radius 1 is 1.24 bits per heavy atom. The Morgan fingerprint density at radius 2 is 2.14 bits per heavy atom. The molecule has 1 aliphatic carbocycles. The molecule has 2 N–H and O–H groups in total. The number of carbonyl (C=O) groups excluding carboxylic acids is 1. The molecule has 1 aliphatic heterocycles. The van der Waals surface area contributed by atoms with Crippen molar-refractivity contribution in [2.24, 2.45) is 0 Å². The number of nitrogens with zero attached hydrogens (tertiary/aromatic N) is 1. The maximum Gasteiger partial charge on any atom is 0.257 e. The van der Waals surface area contributed by atoms with Crippen molar-refractivity contribution in [3.05, 3.63) is 39.9 Å². The number of anilines is 2. The van der Waals surface area contributed by atoms with Crippen molar-refractivity contribution in [3.63, 3.8) is 0 Å². The van der Waals surface area contributed by atoms with E-state index >= 15 is 0 Å². The van der Waals surface area contributed by atoms with Crippen LogP contribution in [0.3, 0.4) is 0 Å². The highest BCUT2D eigenvalue weighted by Gasteiger charge is 2.18. The molecule has 108 valence electrons. The molecule has 1 amide bonds. The van der Waals surface area contributed by atoms with Gasteiger partial charge < -0.3 is 5.32 Å². The lowest BCUT2D eigenvalue weighted by atomic mass is 10.0. The first-order valence-electron chi connectivity index (χ1n) is 7.46. The summed E-state index contributed by atoms with van der Waals surface area (Å²) in [5.41, 5.74) is 4.24. The predicted molar refractivity (Wildman–Crippen MR) is 85.3 cm³/mol. The number of thiazole rings is 1. The molecule has 0 radical (unpaired) electrons. The molecular weight excluding hydrogens is 282 g/mol. The molecule has 4 nitrogen and oxygen atoms in total. The van der Waals surface area contributed by atoms with Gasteiger partial charge in [0.25, 0.3) is 5.91 Å². The zero-order chi connectivity index (χ0) is 14.2. The Balaban J connectivity index is 1.54. The van der Waals surface area contributed by atoms with Gasteiger partial charge in [-0.1, -0.05) is 6.07 Å². The molecule has 1 aromatic carbocycles. The van der Waals surface area contributed by atoms with Gasteiger partial charge in [-0.15, -0.1) is 11.3 Å². The van der Waals surface area contributed by atoms with Crippen molar-refractivity contribution >= 4 is 28.1 Å². The topological polar surface area (TPSA) is 54.0 Å². The van der Waals surface area contributed by atoms with Gasteiger partial charge in [0.15, 0.2) is 5.13 Å². The van der Waals surface area contributed by atoms with Gasteiger partial charge >= 0.3 is 0 Å². The third-order valence-electron chi connectivity index (χ3n) is 4.15. The van der Waals surface area contributed by atoms with Gasteiger partial charge in [-0.25, -0.2) is 4.98 Å². The number of amides is 1. The van der Waals surface area contributed by atoms with Crippen molar-refractivity contribution < 1.29 is 4.79 Å². The quantitative estimate of drug-likeness (QED) is 0.895.